The lowest BCUT2D eigenvalue weighted by Gasteiger charge is -2.22. The molecule has 1 aliphatic carbocycles. The van der Waals surface area contributed by atoms with Gasteiger partial charge in [-0.2, -0.15) is 0 Å². The Hall–Kier alpha value is -1.82. The van der Waals surface area contributed by atoms with Gasteiger partial charge in [-0.3, -0.25) is 0 Å². The predicted octanol–water partition coefficient (Wildman–Crippen LogP) is 3.69. The van der Waals surface area contributed by atoms with E-state index in [4.69, 9.17) is 21.1 Å². The van der Waals surface area contributed by atoms with Crippen molar-refractivity contribution in [2.45, 2.75) is 45.3 Å². The van der Waals surface area contributed by atoms with Gasteiger partial charge < -0.3 is 14.8 Å². The van der Waals surface area contributed by atoms with Crippen molar-refractivity contribution in [3.63, 3.8) is 0 Å². The molecule has 7 heteroatoms. The zero-order valence-electron chi connectivity index (χ0n) is 13.2. The van der Waals surface area contributed by atoms with Crippen LogP contribution in [-0.4, -0.2) is 23.7 Å². The molecular weight excluding hydrogens is 325 g/mol. The molecule has 0 heterocycles. The number of benzene rings is 1. The molecular formula is C16H19ClFNO4. The molecule has 0 spiro atoms. The molecule has 0 saturated heterocycles. The molecule has 2 rings (SSSR count). The molecule has 23 heavy (non-hydrogen) atoms. The average Bonchev–Trinajstić information content (AvgIpc) is 2.82. The second-order valence-corrected chi connectivity index (χ2v) is 6.48. The zero-order chi connectivity index (χ0) is 17.2. The van der Waals surface area contributed by atoms with Gasteiger partial charge in [-0.15, -0.1) is 0 Å². The first-order valence-corrected chi connectivity index (χ1v) is 7.80. The first kappa shape index (κ1) is 17.5. The Morgan fingerprint density at radius 1 is 1.39 bits per heavy atom. The van der Waals surface area contributed by atoms with Gasteiger partial charge in [-0.25, -0.2) is 14.0 Å². The number of amides is 1. The van der Waals surface area contributed by atoms with Crippen LogP contribution >= 0.6 is 11.6 Å². The maximum absolute atomic E-state index is 14.0. The molecule has 1 amide bonds. The van der Waals surface area contributed by atoms with Crippen molar-refractivity contribution in [2.24, 2.45) is 0 Å². The minimum atomic E-state index is -0.645. The van der Waals surface area contributed by atoms with Crippen LogP contribution in [0.15, 0.2) is 12.1 Å². The highest BCUT2D eigenvalue weighted by molar-refractivity contribution is 6.17. The van der Waals surface area contributed by atoms with Gasteiger partial charge in [0.05, 0.1) is 11.6 Å². The van der Waals surface area contributed by atoms with Crippen LogP contribution in [0.25, 0.3) is 0 Å². The Bertz CT molecular complexity index is 627. The number of hydrogen-bond donors (Lipinski definition) is 1. The van der Waals surface area contributed by atoms with Crippen molar-refractivity contribution >= 4 is 23.7 Å². The molecule has 0 fully saturated rings. The maximum Gasteiger partial charge on any atom is 0.408 e. The van der Waals surface area contributed by atoms with Gasteiger partial charge in [0.1, 0.15) is 11.4 Å². The summed E-state index contributed by atoms with van der Waals surface area (Å²) < 4.78 is 24.0. The van der Waals surface area contributed by atoms with Crippen LogP contribution in [0.3, 0.4) is 0 Å². The first-order chi connectivity index (χ1) is 10.7. The molecule has 126 valence electrons. The van der Waals surface area contributed by atoms with Crippen LogP contribution in [0.5, 0.6) is 0 Å². The standard InChI is InChI=1S/C16H19ClFNO4/c1-16(2,3)23-15(21)19-12-7-5-9-11(18)6-4-10(13(9)12)14(20)22-8-17/h4,6,12H,5,7-8H2,1-3H3,(H,19,21). The van der Waals surface area contributed by atoms with Crippen LogP contribution in [-0.2, 0) is 15.9 Å². The van der Waals surface area contributed by atoms with Gasteiger partial charge in [0.2, 0.25) is 0 Å². The Labute approximate surface area is 139 Å². The lowest BCUT2D eigenvalue weighted by Crippen LogP contribution is -2.34. The van der Waals surface area contributed by atoms with Crippen molar-refractivity contribution < 1.29 is 23.5 Å². The van der Waals surface area contributed by atoms with E-state index in [1.54, 1.807) is 20.8 Å². The number of alkyl carbamates (subject to hydrolysis) is 1. The molecule has 1 atom stereocenters. The zero-order valence-corrected chi connectivity index (χ0v) is 14.0. The molecule has 0 aliphatic heterocycles. The number of alkyl halides is 1. The SMILES string of the molecule is CC(C)(C)OC(=O)NC1CCc2c(F)ccc(C(=O)OCCl)c21. The number of ether oxygens (including phenoxy) is 2. The third-order valence-corrected chi connectivity index (χ3v) is 3.54. The number of carbonyl (C=O) groups is 2. The Morgan fingerprint density at radius 3 is 2.70 bits per heavy atom. The van der Waals surface area contributed by atoms with Crippen LogP contribution in [0.1, 0.15) is 54.7 Å². The summed E-state index contributed by atoms with van der Waals surface area (Å²) in [7, 11) is 0. The van der Waals surface area contributed by atoms with Gasteiger partial charge in [-0.1, -0.05) is 11.6 Å². The van der Waals surface area contributed by atoms with Gasteiger partial charge in [-0.05, 0) is 56.9 Å². The van der Waals surface area contributed by atoms with Gasteiger partial charge in [0, 0.05) is 0 Å². The minimum Gasteiger partial charge on any atom is -0.446 e. The second kappa shape index (κ2) is 6.74. The lowest BCUT2D eigenvalue weighted by molar-refractivity contribution is 0.0496. The van der Waals surface area contributed by atoms with Gasteiger partial charge >= 0.3 is 12.1 Å². The highest BCUT2D eigenvalue weighted by Gasteiger charge is 2.32. The first-order valence-electron chi connectivity index (χ1n) is 7.27. The smallest absolute Gasteiger partial charge is 0.408 e. The van der Waals surface area contributed by atoms with Gasteiger partial charge in [0.15, 0.2) is 6.07 Å². The summed E-state index contributed by atoms with van der Waals surface area (Å²) in [4.78, 5) is 24.0. The van der Waals surface area contributed by atoms with Crippen LogP contribution < -0.4 is 5.32 Å². The molecule has 0 aromatic heterocycles. The number of carbonyl (C=O) groups excluding carboxylic acids is 2. The number of hydrogen-bond acceptors (Lipinski definition) is 4. The molecule has 0 radical (unpaired) electrons. The van der Waals surface area contributed by atoms with Crippen LogP contribution in [0.2, 0.25) is 0 Å². The van der Waals surface area contributed by atoms with Crippen molar-refractivity contribution in [1.29, 1.82) is 0 Å². The summed E-state index contributed by atoms with van der Waals surface area (Å²) in [5, 5.41) is 2.69. The fourth-order valence-electron chi connectivity index (χ4n) is 2.62. The fraction of sp³-hybridized carbons (Fsp3) is 0.500. The Morgan fingerprint density at radius 2 is 2.09 bits per heavy atom. The fourth-order valence-corrected chi connectivity index (χ4v) is 2.72. The summed E-state index contributed by atoms with van der Waals surface area (Å²) in [6, 6.07) is 1.76. The number of halogens is 2. The molecule has 1 unspecified atom stereocenters. The number of rotatable bonds is 3. The Kier molecular flexibility index (Phi) is 5.14. The second-order valence-electron chi connectivity index (χ2n) is 6.27. The normalized spacial score (nSPS) is 16.7. The summed E-state index contributed by atoms with van der Waals surface area (Å²) in [5.74, 6) is -1.05. The monoisotopic (exact) mass is 343 g/mol. The van der Waals surface area contributed by atoms with Crippen molar-refractivity contribution in [2.75, 3.05) is 6.07 Å². The number of nitrogens with one attached hydrogen (secondary N) is 1. The predicted molar refractivity (Wildman–Crippen MR) is 83.0 cm³/mol. The van der Waals surface area contributed by atoms with E-state index < -0.39 is 29.5 Å². The lowest BCUT2D eigenvalue weighted by atomic mass is 10.0. The molecule has 0 bridgehead atoms. The van der Waals surface area contributed by atoms with Crippen molar-refractivity contribution in [1.82, 2.24) is 5.32 Å². The molecule has 1 aliphatic rings. The third-order valence-electron chi connectivity index (χ3n) is 3.43. The van der Waals surface area contributed by atoms with E-state index in [1.807, 2.05) is 0 Å². The van der Waals surface area contributed by atoms with Crippen molar-refractivity contribution in [3.8, 4) is 0 Å². The van der Waals surface area contributed by atoms with Crippen LogP contribution in [0.4, 0.5) is 9.18 Å². The van der Waals surface area contributed by atoms with Crippen molar-refractivity contribution in [3.05, 3.63) is 34.6 Å². The summed E-state index contributed by atoms with van der Waals surface area (Å²) in [6.45, 7) is 5.24. The molecule has 1 aromatic rings. The number of esters is 1. The van der Waals surface area contributed by atoms with E-state index in [1.165, 1.54) is 12.1 Å². The molecule has 1 N–H and O–H groups in total. The van der Waals surface area contributed by atoms with E-state index in [-0.39, 0.29) is 11.6 Å². The summed E-state index contributed by atoms with van der Waals surface area (Å²) in [5.41, 5.74) is 0.412. The molecule has 1 aromatic carbocycles. The molecule has 0 saturated carbocycles. The highest BCUT2D eigenvalue weighted by Crippen LogP contribution is 2.36. The maximum atomic E-state index is 14.0. The van der Waals surface area contributed by atoms with E-state index in [2.05, 4.69) is 5.32 Å². The van der Waals surface area contributed by atoms with E-state index in [0.717, 1.165) is 0 Å². The largest absolute Gasteiger partial charge is 0.446 e. The van der Waals surface area contributed by atoms with E-state index in [0.29, 0.717) is 24.0 Å². The number of fused-ring (bicyclic) bond motifs is 1. The van der Waals surface area contributed by atoms with Crippen LogP contribution in [0, 0.1) is 5.82 Å². The van der Waals surface area contributed by atoms with Gasteiger partial charge in [0.25, 0.3) is 0 Å². The van der Waals surface area contributed by atoms with E-state index in [9.17, 15) is 14.0 Å². The summed E-state index contributed by atoms with van der Waals surface area (Å²) in [6.07, 6.45) is 0.289. The highest BCUT2D eigenvalue weighted by atomic mass is 35.5. The Balaban J connectivity index is 2.28. The minimum absolute atomic E-state index is 0.209. The quantitative estimate of drug-likeness (QED) is 0.671. The summed E-state index contributed by atoms with van der Waals surface area (Å²) >= 11 is 5.41. The van der Waals surface area contributed by atoms with E-state index >= 15 is 0 Å². The third kappa shape index (κ3) is 4.13. The average molecular weight is 344 g/mol. The topological polar surface area (TPSA) is 64.6 Å². The molecule has 5 nitrogen and oxygen atoms in total.